The van der Waals surface area contributed by atoms with Gasteiger partial charge in [-0.05, 0) is 52.4 Å². The van der Waals surface area contributed by atoms with Crippen molar-refractivity contribution in [3.05, 3.63) is 52.0 Å². The summed E-state index contributed by atoms with van der Waals surface area (Å²) in [6, 6.07) is 11.1. The number of benzene rings is 2. The van der Waals surface area contributed by atoms with Crippen LogP contribution in [0.15, 0.2) is 45.7 Å². The molecule has 9 heteroatoms. The SMILES string of the molecule is Sc1ccc(NCc2cc3oc(-c4nnn[nH]4)cc3cc2Cl)cc1Cl. The minimum absolute atomic E-state index is 0.466. The third-order valence-electron chi connectivity index (χ3n) is 3.69. The molecule has 126 valence electrons. The zero-order chi connectivity index (χ0) is 17.4. The molecule has 0 radical (unpaired) electrons. The molecule has 4 rings (SSSR count). The van der Waals surface area contributed by atoms with Gasteiger partial charge in [-0.2, -0.15) is 0 Å². The maximum atomic E-state index is 6.39. The Hall–Kier alpha value is -2.22. The Kier molecular flexibility index (Phi) is 4.29. The van der Waals surface area contributed by atoms with Crippen molar-refractivity contribution in [1.29, 1.82) is 0 Å². The van der Waals surface area contributed by atoms with Crippen LogP contribution < -0.4 is 5.32 Å². The Morgan fingerprint density at radius 3 is 2.76 bits per heavy atom. The van der Waals surface area contributed by atoms with E-state index < -0.39 is 0 Å². The average molecular weight is 392 g/mol. The quantitative estimate of drug-likeness (QED) is 0.434. The molecule has 0 atom stereocenters. The minimum atomic E-state index is 0.466. The highest BCUT2D eigenvalue weighted by molar-refractivity contribution is 7.80. The number of hydrogen-bond acceptors (Lipinski definition) is 6. The summed E-state index contributed by atoms with van der Waals surface area (Å²) in [5.41, 5.74) is 2.49. The van der Waals surface area contributed by atoms with Crippen LogP contribution in [0.1, 0.15) is 5.56 Å². The van der Waals surface area contributed by atoms with Gasteiger partial charge in [0.05, 0.1) is 5.02 Å². The first kappa shape index (κ1) is 16.3. The van der Waals surface area contributed by atoms with E-state index in [0.717, 1.165) is 21.5 Å². The zero-order valence-corrected chi connectivity index (χ0v) is 15.0. The molecule has 6 nitrogen and oxygen atoms in total. The summed E-state index contributed by atoms with van der Waals surface area (Å²) in [4.78, 5) is 0.733. The predicted molar refractivity (Wildman–Crippen MR) is 100 cm³/mol. The predicted octanol–water partition coefficient (Wildman–Crippen LogP) is 4.82. The number of fused-ring (bicyclic) bond motifs is 1. The van der Waals surface area contributed by atoms with Crippen LogP contribution in [-0.4, -0.2) is 20.6 Å². The monoisotopic (exact) mass is 391 g/mol. The number of hydrogen-bond donors (Lipinski definition) is 3. The molecule has 25 heavy (non-hydrogen) atoms. The van der Waals surface area contributed by atoms with Crippen molar-refractivity contribution in [2.75, 3.05) is 5.32 Å². The van der Waals surface area contributed by atoms with Crippen molar-refractivity contribution in [1.82, 2.24) is 20.6 Å². The molecule has 0 bridgehead atoms. The molecular formula is C16H11Cl2N5OS. The van der Waals surface area contributed by atoms with Gasteiger partial charge < -0.3 is 9.73 Å². The Labute approximate surface area is 157 Å². The van der Waals surface area contributed by atoms with Gasteiger partial charge in [-0.25, -0.2) is 5.10 Å². The van der Waals surface area contributed by atoms with Gasteiger partial charge >= 0.3 is 0 Å². The van der Waals surface area contributed by atoms with Crippen LogP contribution in [0, 0.1) is 0 Å². The second-order valence-electron chi connectivity index (χ2n) is 5.36. The summed E-state index contributed by atoms with van der Waals surface area (Å²) < 4.78 is 5.80. The number of aromatic nitrogens is 4. The lowest BCUT2D eigenvalue weighted by atomic mass is 10.1. The first-order valence-corrected chi connectivity index (χ1v) is 8.49. The molecule has 0 aliphatic heterocycles. The third kappa shape index (κ3) is 3.30. The Bertz CT molecular complexity index is 1050. The number of nitrogens with one attached hydrogen (secondary N) is 2. The molecule has 0 unspecified atom stereocenters. The summed E-state index contributed by atoms with van der Waals surface area (Å²) in [6.07, 6.45) is 0. The number of furan rings is 1. The van der Waals surface area contributed by atoms with E-state index in [2.05, 4.69) is 38.6 Å². The molecule has 0 aliphatic rings. The normalized spacial score (nSPS) is 11.2. The molecular weight excluding hydrogens is 381 g/mol. The lowest BCUT2D eigenvalue weighted by Gasteiger charge is -2.09. The molecule has 2 aromatic carbocycles. The standard InChI is InChI=1S/C16H11Cl2N5OS/c17-11-3-8-4-14(16-20-22-23-21-16)24-13(8)5-9(11)7-19-10-1-2-15(25)12(18)6-10/h1-6,19,25H,7H2,(H,20,21,22,23). The van der Waals surface area contributed by atoms with Gasteiger partial charge in [-0.3, -0.25) is 0 Å². The summed E-state index contributed by atoms with van der Waals surface area (Å²) in [5, 5.41) is 19.0. The van der Waals surface area contributed by atoms with Gasteiger partial charge in [0.1, 0.15) is 5.58 Å². The second kappa shape index (κ2) is 6.59. The van der Waals surface area contributed by atoms with Crippen LogP contribution in [0.4, 0.5) is 5.69 Å². The van der Waals surface area contributed by atoms with Crippen LogP contribution in [0.3, 0.4) is 0 Å². The van der Waals surface area contributed by atoms with E-state index in [-0.39, 0.29) is 0 Å². The van der Waals surface area contributed by atoms with Crippen LogP contribution in [0.25, 0.3) is 22.6 Å². The van der Waals surface area contributed by atoms with Crippen molar-refractivity contribution < 1.29 is 4.42 Å². The van der Waals surface area contributed by atoms with E-state index in [9.17, 15) is 0 Å². The highest BCUT2D eigenvalue weighted by Crippen LogP contribution is 2.31. The highest BCUT2D eigenvalue weighted by atomic mass is 35.5. The van der Waals surface area contributed by atoms with E-state index in [1.165, 1.54) is 0 Å². The maximum Gasteiger partial charge on any atom is 0.215 e. The lowest BCUT2D eigenvalue weighted by molar-refractivity contribution is 0.625. The van der Waals surface area contributed by atoms with Gasteiger partial charge in [0, 0.05) is 27.5 Å². The van der Waals surface area contributed by atoms with Gasteiger partial charge in [0.15, 0.2) is 5.76 Å². The molecule has 0 saturated heterocycles. The highest BCUT2D eigenvalue weighted by Gasteiger charge is 2.12. The number of tetrazole rings is 1. The average Bonchev–Trinajstić information content (AvgIpc) is 3.24. The largest absolute Gasteiger partial charge is 0.453 e. The number of thiol groups is 1. The molecule has 0 spiro atoms. The van der Waals surface area contributed by atoms with E-state index in [1.54, 1.807) is 0 Å². The first-order chi connectivity index (χ1) is 12.1. The summed E-state index contributed by atoms with van der Waals surface area (Å²) in [5.74, 6) is 1.02. The Morgan fingerprint density at radius 2 is 2.00 bits per heavy atom. The Morgan fingerprint density at radius 1 is 1.12 bits per heavy atom. The minimum Gasteiger partial charge on any atom is -0.453 e. The first-order valence-electron chi connectivity index (χ1n) is 7.28. The summed E-state index contributed by atoms with van der Waals surface area (Å²) in [6.45, 7) is 0.525. The van der Waals surface area contributed by atoms with Crippen LogP contribution in [0.5, 0.6) is 0 Å². The fourth-order valence-electron chi connectivity index (χ4n) is 2.43. The second-order valence-corrected chi connectivity index (χ2v) is 6.66. The molecule has 4 aromatic rings. The fourth-order valence-corrected chi connectivity index (χ4v) is 2.99. The van der Waals surface area contributed by atoms with E-state index in [0.29, 0.717) is 33.8 Å². The van der Waals surface area contributed by atoms with E-state index >= 15 is 0 Å². The smallest absolute Gasteiger partial charge is 0.215 e. The Balaban J connectivity index is 1.60. The molecule has 0 saturated carbocycles. The van der Waals surface area contributed by atoms with Gasteiger partial charge in [0.25, 0.3) is 0 Å². The van der Waals surface area contributed by atoms with Gasteiger partial charge in [0.2, 0.25) is 5.82 Å². The summed E-state index contributed by atoms with van der Waals surface area (Å²) >= 11 is 16.7. The van der Waals surface area contributed by atoms with Crippen LogP contribution in [0.2, 0.25) is 10.0 Å². The number of H-pyrrole nitrogens is 1. The van der Waals surface area contributed by atoms with Gasteiger partial charge in [-0.1, -0.05) is 23.2 Å². The van der Waals surface area contributed by atoms with E-state index in [1.807, 2.05) is 36.4 Å². The summed E-state index contributed by atoms with van der Waals surface area (Å²) in [7, 11) is 0. The zero-order valence-electron chi connectivity index (χ0n) is 12.6. The lowest BCUT2D eigenvalue weighted by Crippen LogP contribution is -2.00. The van der Waals surface area contributed by atoms with Crippen molar-refractivity contribution in [2.24, 2.45) is 0 Å². The van der Waals surface area contributed by atoms with Crippen molar-refractivity contribution >= 4 is 52.5 Å². The fraction of sp³-hybridized carbons (Fsp3) is 0.0625. The number of anilines is 1. The maximum absolute atomic E-state index is 6.39. The van der Waals surface area contributed by atoms with E-state index in [4.69, 9.17) is 27.6 Å². The molecule has 0 fully saturated rings. The number of rotatable bonds is 4. The number of aromatic amines is 1. The topological polar surface area (TPSA) is 79.6 Å². The van der Waals surface area contributed by atoms with Crippen LogP contribution in [-0.2, 0) is 6.54 Å². The third-order valence-corrected chi connectivity index (χ3v) is 4.88. The molecule has 0 aliphatic carbocycles. The molecule has 0 amide bonds. The van der Waals surface area contributed by atoms with Crippen LogP contribution >= 0.6 is 35.8 Å². The molecule has 2 heterocycles. The number of halogens is 2. The molecule has 2 N–H and O–H groups in total. The molecule has 2 aromatic heterocycles. The van der Waals surface area contributed by atoms with Crippen molar-refractivity contribution in [3.8, 4) is 11.6 Å². The van der Waals surface area contributed by atoms with Gasteiger partial charge in [-0.15, -0.1) is 17.7 Å². The van der Waals surface area contributed by atoms with Crippen molar-refractivity contribution in [2.45, 2.75) is 11.4 Å². The van der Waals surface area contributed by atoms with Crippen molar-refractivity contribution in [3.63, 3.8) is 0 Å². The number of nitrogens with zero attached hydrogens (tertiary/aromatic N) is 3.